The first kappa shape index (κ1) is 14.8. The fraction of sp³-hybridized carbons (Fsp3) is 0.800. The molecule has 0 radical (unpaired) electrons. The first-order valence-corrected chi connectivity index (χ1v) is 8.39. The number of hydrogen-bond donors (Lipinski definition) is 0. The van der Waals surface area contributed by atoms with E-state index in [1.807, 2.05) is 0 Å². The summed E-state index contributed by atoms with van der Waals surface area (Å²) in [6, 6.07) is 0. The number of anilines is 2. The van der Waals surface area contributed by atoms with Gasteiger partial charge in [0, 0.05) is 26.2 Å². The van der Waals surface area contributed by atoms with E-state index in [9.17, 15) is 0 Å². The summed E-state index contributed by atoms with van der Waals surface area (Å²) in [5.41, 5.74) is 0.463. The second kappa shape index (κ2) is 5.95. The minimum absolute atomic E-state index is 0.311. The van der Waals surface area contributed by atoms with Crippen molar-refractivity contribution in [1.29, 1.82) is 0 Å². The highest BCUT2D eigenvalue weighted by molar-refractivity contribution is 6.28. The normalized spacial score (nSPS) is 21.9. The second-order valence-corrected chi connectivity index (χ2v) is 6.89. The van der Waals surface area contributed by atoms with Crippen LogP contribution in [-0.2, 0) is 0 Å². The Morgan fingerprint density at radius 1 is 0.952 bits per heavy atom. The smallest absolute Gasteiger partial charge is 0.231 e. The molecule has 2 aliphatic rings. The number of aromatic nitrogens is 3. The Morgan fingerprint density at radius 2 is 1.48 bits per heavy atom. The van der Waals surface area contributed by atoms with Gasteiger partial charge in [0.15, 0.2) is 0 Å². The zero-order chi connectivity index (χ0) is 14.9. The Kier molecular flexibility index (Phi) is 4.20. The fourth-order valence-corrected chi connectivity index (χ4v) is 3.28. The standard InChI is InChI=1S/C15H24ClN5/c1-3-15(2)6-10-21(11-7-15)14-18-12(16)17-13(19-14)20-8-4-5-9-20/h3-11H2,1-2H3. The van der Waals surface area contributed by atoms with Gasteiger partial charge in [0.25, 0.3) is 0 Å². The van der Waals surface area contributed by atoms with Gasteiger partial charge in [0.2, 0.25) is 17.2 Å². The van der Waals surface area contributed by atoms with Crippen LogP contribution in [0.5, 0.6) is 0 Å². The Hall–Kier alpha value is -1.10. The van der Waals surface area contributed by atoms with Crippen molar-refractivity contribution in [2.24, 2.45) is 5.41 Å². The molecule has 0 bridgehead atoms. The molecule has 1 aromatic heterocycles. The zero-order valence-corrected chi connectivity index (χ0v) is 13.7. The van der Waals surface area contributed by atoms with Gasteiger partial charge in [-0.05, 0) is 42.7 Å². The lowest BCUT2D eigenvalue weighted by Gasteiger charge is -2.39. The van der Waals surface area contributed by atoms with E-state index in [0.717, 1.165) is 38.1 Å². The molecule has 2 saturated heterocycles. The highest BCUT2D eigenvalue weighted by Crippen LogP contribution is 2.35. The van der Waals surface area contributed by atoms with E-state index in [4.69, 9.17) is 11.6 Å². The maximum Gasteiger partial charge on any atom is 0.231 e. The Labute approximate surface area is 131 Å². The molecule has 0 unspecified atom stereocenters. The molecule has 3 rings (SSSR count). The molecule has 0 saturated carbocycles. The van der Waals surface area contributed by atoms with Crippen LogP contribution in [0.2, 0.25) is 5.28 Å². The molecule has 2 aliphatic heterocycles. The van der Waals surface area contributed by atoms with E-state index >= 15 is 0 Å². The minimum Gasteiger partial charge on any atom is -0.341 e. The van der Waals surface area contributed by atoms with Crippen molar-refractivity contribution in [3.8, 4) is 0 Å². The van der Waals surface area contributed by atoms with Gasteiger partial charge in [-0.25, -0.2) is 0 Å². The summed E-state index contributed by atoms with van der Waals surface area (Å²) in [5, 5.41) is 0.311. The molecule has 0 aromatic carbocycles. The first-order chi connectivity index (χ1) is 10.1. The zero-order valence-electron chi connectivity index (χ0n) is 13.0. The van der Waals surface area contributed by atoms with Crippen molar-refractivity contribution in [2.45, 2.75) is 46.0 Å². The summed E-state index contributed by atoms with van der Waals surface area (Å²) in [7, 11) is 0. The molecule has 5 nitrogen and oxygen atoms in total. The van der Waals surface area contributed by atoms with Gasteiger partial charge in [0.05, 0.1) is 0 Å². The molecular weight excluding hydrogens is 286 g/mol. The highest BCUT2D eigenvalue weighted by Gasteiger charge is 2.30. The molecule has 21 heavy (non-hydrogen) atoms. The molecule has 0 atom stereocenters. The van der Waals surface area contributed by atoms with Gasteiger partial charge in [-0.2, -0.15) is 15.0 Å². The summed E-state index contributed by atoms with van der Waals surface area (Å²) < 4.78 is 0. The average Bonchev–Trinajstić information content (AvgIpc) is 3.02. The predicted molar refractivity (Wildman–Crippen MR) is 86.1 cm³/mol. The molecular formula is C15H24ClN5. The monoisotopic (exact) mass is 309 g/mol. The van der Waals surface area contributed by atoms with Crippen LogP contribution in [0, 0.1) is 5.41 Å². The van der Waals surface area contributed by atoms with Gasteiger partial charge >= 0.3 is 0 Å². The third kappa shape index (κ3) is 3.23. The molecule has 6 heteroatoms. The maximum absolute atomic E-state index is 6.12. The van der Waals surface area contributed by atoms with Crippen LogP contribution < -0.4 is 9.80 Å². The maximum atomic E-state index is 6.12. The van der Waals surface area contributed by atoms with Gasteiger partial charge in [0.1, 0.15) is 0 Å². The molecule has 3 heterocycles. The number of hydrogen-bond acceptors (Lipinski definition) is 5. The van der Waals surface area contributed by atoms with Crippen LogP contribution >= 0.6 is 11.6 Å². The molecule has 1 aromatic rings. The van der Waals surface area contributed by atoms with Crippen molar-refractivity contribution in [1.82, 2.24) is 15.0 Å². The van der Waals surface area contributed by atoms with Crippen LogP contribution in [0.25, 0.3) is 0 Å². The largest absolute Gasteiger partial charge is 0.341 e. The number of nitrogens with zero attached hydrogens (tertiary/aromatic N) is 5. The predicted octanol–water partition coefficient (Wildman–Crippen LogP) is 3.14. The summed E-state index contributed by atoms with van der Waals surface area (Å²) in [4.78, 5) is 17.8. The third-order valence-electron chi connectivity index (χ3n) is 5.08. The van der Waals surface area contributed by atoms with Gasteiger partial charge in [-0.15, -0.1) is 0 Å². The minimum atomic E-state index is 0.311. The Balaban J connectivity index is 1.76. The van der Waals surface area contributed by atoms with E-state index in [2.05, 4.69) is 38.6 Å². The summed E-state index contributed by atoms with van der Waals surface area (Å²) in [6.45, 7) is 8.71. The Bertz CT molecular complexity index is 493. The summed E-state index contributed by atoms with van der Waals surface area (Å²) >= 11 is 6.12. The van der Waals surface area contributed by atoms with Crippen LogP contribution in [0.3, 0.4) is 0 Å². The van der Waals surface area contributed by atoms with E-state index in [-0.39, 0.29) is 0 Å². The van der Waals surface area contributed by atoms with Gasteiger partial charge in [-0.3, -0.25) is 0 Å². The molecule has 0 N–H and O–H groups in total. The SMILES string of the molecule is CCC1(C)CCN(c2nc(Cl)nc(N3CCCC3)n2)CC1. The molecule has 116 valence electrons. The molecule has 2 fully saturated rings. The summed E-state index contributed by atoms with van der Waals surface area (Å²) in [6.07, 6.45) is 6.02. The van der Waals surface area contributed by atoms with E-state index < -0.39 is 0 Å². The number of halogens is 1. The summed E-state index contributed by atoms with van der Waals surface area (Å²) in [5.74, 6) is 1.49. The average molecular weight is 310 g/mol. The third-order valence-corrected chi connectivity index (χ3v) is 5.25. The number of rotatable bonds is 3. The molecule has 0 spiro atoms. The topological polar surface area (TPSA) is 45.2 Å². The van der Waals surface area contributed by atoms with Crippen LogP contribution in [0.1, 0.15) is 46.0 Å². The van der Waals surface area contributed by atoms with Gasteiger partial charge < -0.3 is 9.80 Å². The van der Waals surface area contributed by atoms with Crippen LogP contribution in [0.15, 0.2) is 0 Å². The van der Waals surface area contributed by atoms with E-state index in [1.165, 1.54) is 32.1 Å². The van der Waals surface area contributed by atoms with Crippen molar-refractivity contribution in [2.75, 3.05) is 36.0 Å². The first-order valence-electron chi connectivity index (χ1n) is 8.01. The van der Waals surface area contributed by atoms with Crippen molar-refractivity contribution in [3.05, 3.63) is 5.28 Å². The molecule has 0 amide bonds. The Morgan fingerprint density at radius 3 is 2.00 bits per heavy atom. The lowest BCUT2D eigenvalue weighted by molar-refractivity contribution is 0.237. The number of piperidine rings is 1. The lowest BCUT2D eigenvalue weighted by Crippen LogP contribution is -2.39. The van der Waals surface area contributed by atoms with E-state index in [0.29, 0.717) is 10.7 Å². The lowest BCUT2D eigenvalue weighted by atomic mass is 9.78. The van der Waals surface area contributed by atoms with Crippen molar-refractivity contribution in [3.63, 3.8) is 0 Å². The quantitative estimate of drug-likeness (QED) is 0.858. The second-order valence-electron chi connectivity index (χ2n) is 6.55. The van der Waals surface area contributed by atoms with Crippen molar-refractivity contribution >= 4 is 23.5 Å². The van der Waals surface area contributed by atoms with Crippen LogP contribution in [0.4, 0.5) is 11.9 Å². The van der Waals surface area contributed by atoms with Gasteiger partial charge in [-0.1, -0.05) is 20.3 Å². The van der Waals surface area contributed by atoms with Crippen LogP contribution in [-0.4, -0.2) is 41.1 Å². The highest BCUT2D eigenvalue weighted by atomic mass is 35.5. The molecule has 0 aliphatic carbocycles. The van der Waals surface area contributed by atoms with Crippen molar-refractivity contribution < 1.29 is 0 Å². The van der Waals surface area contributed by atoms with E-state index in [1.54, 1.807) is 0 Å². The fourth-order valence-electron chi connectivity index (χ4n) is 3.13.